The lowest BCUT2D eigenvalue weighted by Gasteiger charge is -2.02. The Hall–Kier alpha value is -1.92. The molecule has 6 heteroatoms. The van der Waals surface area contributed by atoms with E-state index in [4.69, 9.17) is 0 Å². The molecular weight excluding hydrogens is 330 g/mol. The van der Waals surface area contributed by atoms with E-state index in [0.717, 1.165) is 15.8 Å². The molecule has 1 amide bonds. The predicted octanol–water partition coefficient (Wildman–Crippen LogP) is 3.28. The minimum absolute atomic E-state index is 0.155. The highest BCUT2D eigenvalue weighted by Gasteiger charge is 2.45. The average Bonchev–Trinajstić information content (AvgIpc) is 3.21. The van der Waals surface area contributed by atoms with Gasteiger partial charge in [-0.15, -0.1) is 11.3 Å². The second kappa shape index (κ2) is 6.29. The molecule has 1 N–H and O–H groups in total. The zero-order valence-corrected chi connectivity index (χ0v) is 14.2. The summed E-state index contributed by atoms with van der Waals surface area (Å²) in [6.07, 6.45) is 2.19. The Morgan fingerprint density at radius 3 is 2.61 bits per heavy atom. The summed E-state index contributed by atoms with van der Waals surface area (Å²) >= 11 is 1.66. The molecule has 120 valence electrons. The number of thiophene rings is 1. The molecule has 0 spiro atoms. The Labute approximate surface area is 139 Å². The van der Waals surface area contributed by atoms with Gasteiger partial charge in [0, 0.05) is 21.6 Å². The summed E-state index contributed by atoms with van der Waals surface area (Å²) < 4.78 is 26.1. The Kier molecular flexibility index (Phi) is 4.37. The lowest BCUT2D eigenvalue weighted by molar-refractivity contribution is -0.120. The van der Waals surface area contributed by atoms with Gasteiger partial charge < -0.3 is 0 Å². The van der Waals surface area contributed by atoms with E-state index in [2.05, 4.69) is 4.72 Å². The highest BCUT2D eigenvalue weighted by molar-refractivity contribution is 7.93. The molecule has 0 unspecified atom stereocenters. The Morgan fingerprint density at radius 2 is 1.96 bits per heavy atom. The van der Waals surface area contributed by atoms with Gasteiger partial charge in [0.25, 0.3) is 10.0 Å². The van der Waals surface area contributed by atoms with Crippen LogP contribution < -0.4 is 4.72 Å². The Balaban J connectivity index is 1.60. The highest BCUT2D eigenvalue weighted by atomic mass is 32.2. The van der Waals surface area contributed by atoms with Crippen molar-refractivity contribution in [1.29, 1.82) is 0 Å². The van der Waals surface area contributed by atoms with Gasteiger partial charge in [-0.25, -0.2) is 13.1 Å². The highest BCUT2D eigenvalue weighted by Crippen LogP contribution is 2.49. The van der Waals surface area contributed by atoms with E-state index in [1.165, 1.54) is 11.0 Å². The predicted molar refractivity (Wildman–Crippen MR) is 92.4 cm³/mol. The van der Waals surface area contributed by atoms with Crippen LogP contribution in [0.2, 0.25) is 0 Å². The van der Waals surface area contributed by atoms with Gasteiger partial charge in [0.1, 0.15) is 0 Å². The zero-order chi connectivity index (χ0) is 16.4. The zero-order valence-electron chi connectivity index (χ0n) is 12.6. The SMILES string of the molecule is Cc1ccc([C@@H]2C[C@H]2C(=O)NS(=O)(=O)/C=C/c2ccccc2)s1. The molecule has 1 fully saturated rings. The van der Waals surface area contributed by atoms with Gasteiger partial charge in [-0.3, -0.25) is 4.79 Å². The molecule has 1 saturated carbocycles. The number of carbonyl (C=O) groups excluding carboxylic acids is 1. The Bertz CT molecular complexity index is 838. The second-order valence-electron chi connectivity index (χ2n) is 5.62. The number of hydrogen-bond donors (Lipinski definition) is 1. The van der Waals surface area contributed by atoms with E-state index in [0.29, 0.717) is 6.42 Å². The molecule has 1 heterocycles. The average molecular weight is 347 g/mol. The van der Waals surface area contributed by atoms with Crippen molar-refractivity contribution >= 4 is 33.3 Å². The third kappa shape index (κ3) is 4.09. The lowest BCUT2D eigenvalue weighted by Crippen LogP contribution is -2.30. The Morgan fingerprint density at radius 1 is 1.22 bits per heavy atom. The number of amides is 1. The van der Waals surface area contributed by atoms with Crippen molar-refractivity contribution in [3.05, 3.63) is 63.2 Å². The molecule has 3 rings (SSSR count). The molecule has 2 atom stereocenters. The number of rotatable bonds is 5. The number of sulfonamides is 1. The van der Waals surface area contributed by atoms with Crippen molar-refractivity contribution in [3.63, 3.8) is 0 Å². The van der Waals surface area contributed by atoms with Crippen molar-refractivity contribution in [2.24, 2.45) is 5.92 Å². The van der Waals surface area contributed by atoms with Crippen LogP contribution in [0.25, 0.3) is 6.08 Å². The first-order valence-corrected chi connectivity index (χ1v) is 9.67. The van der Waals surface area contributed by atoms with Crippen molar-refractivity contribution in [2.75, 3.05) is 0 Å². The normalized spacial score (nSPS) is 20.6. The minimum Gasteiger partial charge on any atom is -0.274 e. The fraction of sp³-hybridized carbons (Fsp3) is 0.235. The maximum atomic E-state index is 12.1. The first kappa shape index (κ1) is 16.0. The van der Waals surface area contributed by atoms with Gasteiger partial charge in [-0.05, 0) is 37.1 Å². The van der Waals surface area contributed by atoms with Crippen molar-refractivity contribution in [3.8, 4) is 0 Å². The van der Waals surface area contributed by atoms with Gasteiger partial charge in [-0.1, -0.05) is 30.3 Å². The topological polar surface area (TPSA) is 63.2 Å². The minimum atomic E-state index is -3.76. The summed E-state index contributed by atoms with van der Waals surface area (Å²) in [5, 5.41) is 1.03. The van der Waals surface area contributed by atoms with Gasteiger partial charge >= 0.3 is 0 Å². The van der Waals surface area contributed by atoms with Gasteiger partial charge in [0.2, 0.25) is 5.91 Å². The second-order valence-corrected chi connectivity index (χ2v) is 8.51. The monoisotopic (exact) mass is 347 g/mol. The summed E-state index contributed by atoms with van der Waals surface area (Å²) in [4.78, 5) is 14.5. The number of nitrogens with one attached hydrogen (secondary N) is 1. The van der Waals surface area contributed by atoms with Gasteiger partial charge in [0.15, 0.2) is 0 Å². The summed E-state index contributed by atoms with van der Waals surface area (Å²) in [7, 11) is -3.76. The maximum absolute atomic E-state index is 12.1. The molecule has 0 bridgehead atoms. The van der Waals surface area contributed by atoms with E-state index in [1.54, 1.807) is 23.5 Å². The molecule has 1 aliphatic rings. The third-order valence-corrected chi connectivity index (χ3v) is 5.85. The van der Waals surface area contributed by atoms with Crippen LogP contribution in [0, 0.1) is 12.8 Å². The van der Waals surface area contributed by atoms with Crippen LogP contribution in [-0.4, -0.2) is 14.3 Å². The number of hydrogen-bond acceptors (Lipinski definition) is 4. The van der Waals surface area contributed by atoms with Crippen LogP contribution in [0.3, 0.4) is 0 Å². The van der Waals surface area contributed by atoms with Crippen LogP contribution in [0.1, 0.15) is 27.7 Å². The summed E-state index contributed by atoms with van der Waals surface area (Å²) in [6, 6.07) is 13.1. The fourth-order valence-electron chi connectivity index (χ4n) is 2.43. The third-order valence-electron chi connectivity index (χ3n) is 3.74. The number of carbonyl (C=O) groups is 1. The quantitative estimate of drug-likeness (QED) is 0.903. The summed E-state index contributed by atoms with van der Waals surface area (Å²) in [5.41, 5.74) is 0.767. The standard InChI is InChI=1S/C17H17NO3S2/c1-12-7-8-16(22-12)14-11-15(14)17(19)18-23(20,21)10-9-13-5-3-2-4-6-13/h2-10,14-15H,11H2,1H3,(H,18,19)/b10-9+/t14-,15-/m1/s1. The first-order chi connectivity index (χ1) is 10.9. The molecule has 1 aromatic heterocycles. The van der Waals surface area contributed by atoms with Crippen LogP contribution >= 0.6 is 11.3 Å². The van der Waals surface area contributed by atoms with E-state index in [9.17, 15) is 13.2 Å². The summed E-state index contributed by atoms with van der Waals surface area (Å²) in [5.74, 6) is -0.506. The smallest absolute Gasteiger partial charge is 0.257 e. The molecule has 4 nitrogen and oxygen atoms in total. The number of benzene rings is 1. The molecule has 23 heavy (non-hydrogen) atoms. The first-order valence-electron chi connectivity index (χ1n) is 7.31. The van der Waals surface area contributed by atoms with Crippen LogP contribution in [0.4, 0.5) is 0 Å². The van der Waals surface area contributed by atoms with E-state index in [-0.39, 0.29) is 11.8 Å². The largest absolute Gasteiger partial charge is 0.274 e. The molecule has 0 saturated heterocycles. The van der Waals surface area contributed by atoms with Crippen molar-refractivity contribution < 1.29 is 13.2 Å². The molecular formula is C17H17NO3S2. The fourth-order valence-corrected chi connectivity index (χ4v) is 4.33. The van der Waals surface area contributed by atoms with Crippen LogP contribution in [-0.2, 0) is 14.8 Å². The van der Waals surface area contributed by atoms with Gasteiger partial charge in [-0.2, -0.15) is 0 Å². The molecule has 0 radical (unpaired) electrons. The summed E-state index contributed by atoms with van der Waals surface area (Å²) in [6.45, 7) is 2.02. The molecule has 1 aromatic carbocycles. The van der Waals surface area contributed by atoms with Crippen molar-refractivity contribution in [1.82, 2.24) is 4.72 Å². The van der Waals surface area contributed by atoms with Crippen LogP contribution in [0.5, 0.6) is 0 Å². The molecule has 0 aliphatic heterocycles. The molecule has 2 aromatic rings. The molecule has 1 aliphatic carbocycles. The van der Waals surface area contributed by atoms with E-state index in [1.807, 2.05) is 37.3 Å². The van der Waals surface area contributed by atoms with Crippen molar-refractivity contribution in [2.45, 2.75) is 19.3 Å². The lowest BCUT2D eigenvalue weighted by atomic mass is 10.2. The maximum Gasteiger partial charge on any atom is 0.257 e. The van der Waals surface area contributed by atoms with Gasteiger partial charge in [0.05, 0.1) is 5.41 Å². The van der Waals surface area contributed by atoms with E-state index < -0.39 is 15.9 Å². The number of aryl methyl sites for hydroxylation is 1. The van der Waals surface area contributed by atoms with Crippen LogP contribution in [0.15, 0.2) is 47.9 Å². The van der Waals surface area contributed by atoms with E-state index >= 15 is 0 Å².